The van der Waals surface area contributed by atoms with E-state index in [2.05, 4.69) is 20.8 Å². The lowest BCUT2D eigenvalue weighted by Gasteiger charge is -1.93. The van der Waals surface area contributed by atoms with Crippen molar-refractivity contribution in [2.24, 2.45) is 17.2 Å². The Kier molecular flexibility index (Phi) is 32.7. The molecule has 0 aliphatic heterocycles. The molecule has 0 bridgehead atoms. The van der Waals surface area contributed by atoms with Gasteiger partial charge in [-0.3, -0.25) is 0 Å². The normalized spacial score (nSPS) is 9.04. The van der Waals surface area contributed by atoms with E-state index in [0.717, 1.165) is 31.7 Å². The molecule has 4 nitrogen and oxygen atoms in total. The van der Waals surface area contributed by atoms with E-state index in [1.807, 2.05) is 31.2 Å². The minimum Gasteiger partial charge on any atom is -0.399 e. The predicted molar refractivity (Wildman–Crippen MR) is 121 cm³/mol. The van der Waals surface area contributed by atoms with Crippen molar-refractivity contribution in [2.75, 3.05) is 25.4 Å². The third-order valence-electron chi connectivity index (χ3n) is 3.48. The van der Waals surface area contributed by atoms with Crippen LogP contribution in [0.2, 0.25) is 0 Å². The highest BCUT2D eigenvalue weighted by molar-refractivity contribution is 5.38. The molecule has 0 aromatic heterocycles. The number of hydrogen-bond donors (Lipinski definition) is 4. The van der Waals surface area contributed by atoms with E-state index in [1.54, 1.807) is 0 Å². The number of nitrogens with two attached hydrogens (primary N) is 4. The molecule has 0 radical (unpaired) electrons. The van der Waals surface area contributed by atoms with E-state index in [4.69, 9.17) is 22.9 Å². The van der Waals surface area contributed by atoms with Gasteiger partial charge in [0, 0.05) is 5.69 Å². The van der Waals surface area contributed by atoms with Crippen LogP contribution in [0.3, 0.4) is 0 Å². The molecule has 0 saturated heterocycles. The first kappa shape index (κ1) is 29.7. The van der Waals surface area contributed by atoms with Crippen LogP contribution in [0.1, 0.15) is 84.1 Å². The summed E-state index contributed by atoms with van der Waals surface area (Å²) in [6.07, 6.45) is 11.5. The van der Waals surface area contributed by atoms with Gasteiger partial charge in [0.25, 0.3) is 0 Å². The van der Waals surface area contributed by atoms with Crippen LogP contribution in [0, 0.1) is 6.92 Å². The quantitative estimate of drug-likeness (QED) is 0.364. The van der Waals surface area contributed by atoms with E-state index >= 15 is 0 Å². The molecular formula is C22H48N4. The van der Waals surface area contributed by atoms with Crippen LogP contribution in [0.4, 0.5) is 5.69 Å². The van der Waals surface area contributed by atoms with E-state index in [1.165, 1.54) is 56.9 Å². The smallest absolute Gasteiger partial charge is 0.0314 e. The lowest BCUT2D eigenvalue weighted by Crippen LogP contribution is -1.97. The maximum absolute atomic E-state index is 5.43. The largest absolute Gasteiger partial charge is 0.399 e. The molecule has 0 saturated carbocycles. The number of rotatable bonds is 9. The molecule has 0 fully saturated rings. The van der Waals surface area contributed by atoms with Gasteiger partial charge in [0.15, 0.2) is 0 Å². The fraction of sp³-hybridized carbons (Fsp3) is 0.727. The Morgan fingerprint density at radius 1 is 0.577 bits per heavy atom. The molecule has 1 aromatic carbocycles. The van der Waals surface area contributed by atoms with Gasteiger partial charge in [-0.1, -0.05) is 77.0 Å². The minimum atomic E-state index is 0.819. The fourth-order valence-corrected chi connectivity index (χ4v) is 1.71. The Morgan fingerprint density at radius 3 is 1.27 bits per heavy atom. The maximum atomic E-state index is 5.43. The molecule has 0 aliphatic carbocycles. The number of aryl methyl sites for hydroxylation is 1. The summed E-state index contributed by atoms with van der Waals surface area (Å²) < 4.78 is 0. The lowest BCUT2D eigenvalue weighted by molar-refractivity contribution is 0.638. The predicted octanol–water partition coefficient (Wildman–Crippen LogP) is 4.98. The Balaban J connectivity index is -0.000000281. The van der Waals surface area contributed by atoms with Crippen LogP contribution < -0.4 is 22.9 Å². The number of unbranched alkanes of at least 4 members (excludes halogenated alkanes) is 6. The summed E-state index contributed by atoms with van der Waals surface area (Å²) in [6.45, 7) is 11.0. The highest BCUT2D eigenvalue weighted by Gasteiger charge is 1.83. The van der Waals surface area contributed by atoms with Crippen molar-refractivity contribution in [1.82, 2.24) is 0 Å². The summed E-state index contributed by atoms with van der Waals surface area (Å²) in [5, 5.41) is 0. The fourth-order valence-electron chi connectivity index (χ4n) is 1.71. The third-order valence-corrected chi connectivity index (χ3v) is 3.48. The molecule has 26 heavy (non-hydrogen) atoms. The lowest BCUT2D eigenvalue weighted by atomic mass is 10.2. The molecular weight excluding hydrogens is 320 g/mol. The Labute approximate surface area is 164 Å². The van der Waals surface area contributed by atoms with Gasteiger partial charge in [-0.2, -0.15) is 0 Å². The first-order valence-corrected chi connectivity index (χ1v) is 10.5. The van der Waals surface area contributed by atoms with Crippen molar-refractivity contribution in [3.8, 4) is 0 Å². The zero-order chi connectivity index (χ0) is 20.5. The molecule has 0 aliphatic rings. The minimum absolute atomic E-state index is 0.819. The first-order chi connectivity index (χ1) is 12.5. The van der Waals surface area contributed by atoms with Gasteiger partial charge < -0.3 is 22.9 Å². The number of nitrogen functional groups attached to an aromatic ring is 1. The molecule has 0 unspecified atom stereocenters. The molecule has 0 heterocycles. The molecule has 156 valence electrons. The highest BCUT2D eigenvalue weighted by atomic mass is 14.5. The van der Waals surface area contributed by atoms with E-state index in [-0.39, 0.29) is 0 Å². The van der Waals surface area contributed by atoms with Crippen molar-refractivity contribution in [2.45, 2.75) is 85.5 Å². The van der Waals surface area contributed by atoms with Crippen molar-refractivity contribution < 1.29 is 0 Å². The molecule has 4 heteroatoms. The van der Waals surface area contributed by atoms with Gasteiger partial charge in [0.2, 0.25) is 0 Å². The van der Waals surface area contributed by atoms with Gasteiger partial charge in [-0.05, 0) is 58.0 Å². The summed E-state index contributed by atoms with van der Waals surface area (Å²) in [5.74, 6) is 0. The summed E-state index contributed by atoms with van der Waals surface area (Å²) in [5.41, 5.74) is 23.1. The van der Waals surface area contributed by atoms with Gasteiger partial charge in [0.1, 0.15) is 0 Å². The zero-order valence-corrected chi connectivity index (χ0v) is 18.1. The molecule has 0 atom stereocenters. The maximum Gasteiger partial charge on any atom is 0.0314 e. The van der Waals surface area contributed by atoms with Crippen molar-refractivity contribution in [1.29, 1.82) is 0 Å². The van der Waals surface area contributed by atoms with Crippen molar-refractivity contribution in [3.05, 3.63) is 29.8 Å². The van der Waals surface area contributed by atoms with Gasteiger partial charge in [-0.15, -0.1) is 0 Å². The molecule has 1 rings (SSSR count). The van der Waals surface area contributed by atoms with E-state index < -0.39 is 0 Å². The van der Waals surface area contributed by atoms with Crippen LogP contribution in [0.5, 0.6) is 0 Å². The summed E-state index contributed by atoms with van der Waals surface area (Å²) in [7, 11) is 0. The van der Waals surface area contributed by atoms with Crippen molar-refractivity contribution >= 4 is 5.69 Å². The van der Waals surface area contributed by atoms with Crippen LogP contribution in [-0.2, 0) is 0 Å². The Morgan fingerprint density at radius 2 is 0.962 bits per heavy atom. The second-order valence-corrected chi connectivity index (χ2v) is 6.40. The second kappa shape index (κ2) is 28.7. The average Bonchev–Trinajstić information content (AvgIpc) is 2.67. The number of hydrogen-bond acceptors (Lipinski definition) is 4. The van der Waals surface area contributed by atoms with Crippen LogP contribution in [0.25, 0.3) is 0 Å². The SMILES string of the molecule is CCCCCCCN.CCCCCN.CCCN.Cc1ccc(N)cc1. The average molecular weight is 369 g/mol. The van der Waals surface area contributed by atoms with Gasteiger partial charge >= 0.3 is 0 Å². The Bertz CT molecular complexity index is 292. The third kappa shape index (κ3) is 34.3. The molecule has 0 spiro atoms. The van der Waals surface area contributed by atoms with Crippen LogP contribution >= 0.6 is 0 Å². The van der Waals surface area contributed by atoms with Crippen molar-refractivity contribution in [3.63, 3.8) is 0 Å². The number of benzene rings is 1. The standard InChI is InChI=1S/C7H9N.C7H17N.C5H13N.C3H9N/c1-6-2-4-7(8)5-3-6;1-2-3-4-5-6-7-8;1-2-3-4-5-6;1-2-3-4/h2-5H,8H2,1H3;2-8H2,1H3;2-6H2,1H3;2-4H2,1H3. The monoisotopic (exact) mass is 368 g/mol. The van der Waals surface area contributed by atoms with Gasteiger partial charge in [-0.25, -0.2) is 0 Å². The summed E-state index contributed by atoms with van der Waals surface area (Å²) in [4.78, 5) is 0. The van der Waals surface area contributed by atoms with E-state index in [9.17, 15) is 0 Å². The van der Waals surface area contributed by atoms with E-state index in [0.29, 0.717) is 0 Å². The summed E-state index contributed by atoms with van der Waals surface area (Å²) in [6, 6.07) is 7.79. The number of anilines is 1. The van der Waals surface area contributed by atoms with Crippen LogP contribution in [-0.4, -0.2) is 19.6 Å². The molecule has 1 aromatic rings. The van der Waals surface area contributed by atoms with Gasteiger partial charge in [0.05, 0.1) is 0 Å². The second-order valence-electron chi connectivity index (χ2n) is 6.40. The first-order valence-electron chi connectivity index (χ1n) is 10.5. The zero-order valence-electron chi connectivity index (χ0n) is 18.1. The molecule has 8 N–H and O–H groups in total. The topological polar surface area (TPSA) is 104 Å². The molecule has 0 amide bonds. The van der Waals surface area contributed by atoms with Crippen LogP contribution in [0.15, 0.2) is 24.3 Å². The summed E-state index contributed by atoms with van der Waals surface area (Å²) >= 11 is 0. The Hall–Kier alpha value is -1.10. The highest BCUT2D eigenvalue weighted by Crippen LogP contribution is 2.02.